The van der Waals surface area contributed by atoms with Crippen molar-refractivity contribution >= 4 is 11.9 Å². The highest BCUT2D eigenvalue weighted by atomic mass is 16.5. The molecule has 0 aromatic carbocycles. The lowest BCUT2D eigenvalue weighted by Gasteiger charge is -2.29. The summed E-state index contributed by atoms with van der Waals surface area (Å²) in [6.07, 6.45) is 8.26. The molecule has 0 aromatic rings. The fourth-order valence-corrected chi connectivity index (χ4v) is 4.11. The zero-order chi connectivity index (χ0) is 16.9. The molecular weight excluding hydrogens is 292 g/mol. The van der Waals surface area contributed by atoms with Crippen molar-refractivity contribution in [2.24, 2.45) is 11.3 Å². The van der Waals surface area contributed by atoms with Crippen LogP contribution in [0.2, 0.25) is 0 Å². The average molecular weight is 312 g/mol. The van der Waals surface area contributed by atoms with Gasteiger partial charge in [-0.25, -0.2) is 9.59 Å². The van der Waals surface area contributed by atoms with Gasteiger partial charge < -0.3 is 9.47 Å². The van der Waals surface area contributed by atoms with Crippen LogP contribution in [0.3, 0.4) is 0 Å². The number of allylic oxidation sites excluding steroid dienone is 8. The number of carbonyl (C=O) groups excluding carboxylic acids is 2. The van der Waals surface area contributed by atoms with Gasteiger partial charge in [0, 0.05) is 5.92 Å². The first-order valence-corrected chi connectivity index (χ1v) is 7.56. The van der Waals surface area contributed by atoms with Crippen molar-refractivity contribution in [3.8, 4) is 0 Å². The molecule has 0 saturated carbocycles. The summed E-state index contributed by atoms with van der Waals surface area (Å²) in [5.41, 5.74) is 4.32. The van der Waals surface area contributed by atoms with Crippen molar-refractivity contribution in [1.82, 2.24) is 0 Å². The molecule has 0 fully saturated rings. The zero-order valence-corrected chi connectivity index (χ0v) is 14.0. The van der Waals surface area contributed by atoms with Crippen LogP contribution in [0.4, 0.5) is 0 Å². The van der Waals surface area contributed by atoms with E-state index in [1.165, 1.54) is 14.2 Å². The molecule has 120 valence electrons. The second-order valence-corrected chi connectivity index (χ2v) is 6.28. The first kappa shape index (κ1) is 15.5. The van der Waals surface area contributed by atoms with Gasteiger partial charge in [-0.3, -0.25) is 0 Å². The Morgan fingerprint density at radius 1 is 1.00 bits per heavy atom. The third-order valence-corrected chi connectivity index (χ3v) is 4.88. The molecule has 0 radical (unpaired) electrons. The number of hydrogen-bond acceptors (Lipinski definition) is 4. The molecular formula is C19H20O4. The molecule has 0 saturated heterocycles. The number of rotatable bonds is 2. The van der Waals surface area contributed by atoms with Gasteiger partial charge in [0.15, 0.2) is 0 Å². The highest BCUT2D eigenvalue weighted by Crippen LogP contribution is 2.62. The van der Waals surface area contributed by atoms with Crippen molar-refractivity contribution in [2.45, 2.75) is 20.8 Å². The molecule has 2 unspecified atom stereocenters. The Labute approximate surface area is 135 Å². The first-order valence-electron chi connectivity index (χ1n) is 7.56. The van der Waals surface area contributed by atoms with Crippen LogP contribution in [0, 0.1) is 11.3 Å². The van der Waals surface area contributed by atoms with Gasteiger partial charge in [-0.1, -0.05) is 41.0 Å². The predicted octanol–water partition coefficient (Wildman–Crippen LogP) is 3.04. The minimum Gasteiger partial charge on any atom is -0.466 e. The van der Waals surface area contributed by atoms with E-state index in [0.717, 1.165) is 22.3 Å². The largest absolute Gasteiger partial charge is 0.466 e. The summed E-state index contributed by atoms with van der Waals surface area (Å²) in [7, 11) is 2.67. The van der Waals surface area contributed by atoms with Crippen molar-refractivity contribution in [2.75, 3.05) is 14.2 Å². The van der Waals surface area contributed by atoms with Crippen LogP contribution in [0.25, 0.3) is 0 Å². The molecule has 0 amide bonds. The van der Waals surface area contributed by atoms with Gasteiger partial charge in [0.25, 0.3) is 0 Å². The SMILES string of the molecule is COC(=O)C1=C(C(=O)OC)C23C=C(C)C=C(C)C=C2C1C=C3C. The van der Waals surface area contributed by atoms with Crippen molar-refractivity contribution in [3.05, 3.63) is 57.7 Å². The maximum absolute atomic E-state index is 12.5. The fourth-order valence-electron chi connectivity index (χ4n) is 4.11. The van der Waals surface area contributed by atoms with Crippen LogP contribution in [0.5, 0.6) is 0 Å². The van der Waals surface area contributed by atoms with E-state index in [0.29, 0.717) is 11.1 Å². The summed E-state index contributed by atoms with van der Waals surface area (Å²) in [4.78, 5) is 24.9. The van der Waals surface area contributed by atoms with E-state index >= 15 is 0 Å². The fraction of sp³-hybridized carbons (Fsp3) is 0.368. The monoisotopic (exact) mass is 312 g/mol. The quantitative estimate of drug-likeness (QED) is 0.581. The minimum atomic E-state index is -0.695. The summed E-state index contributed by atoms with van der Waals surface area (Å²) in [5, 5.41) is 0. The summed E-state index contributed by atoms with van der Waals surface area (Å²) < 4.78 is 9.94. The van der Waals surface area contributed by atoms with Crippen molar-refractivity contribution in [3.63, 3.8) is 0 Å². The predicted molar refractivity (Wildman–Crippen MR) is 86.3 cm³/mol. The molecule has 2 atom stereocenters. The molecule has 0 spiro atoms. The normalized spacial score (nSPS) is 28.3. The first-order chi connectivity index (χ1) is 10.9. The molecule has 2 bridgehead atoms. The van der Waals surface area contributed by atoms with Crippen LogP contribution in [-0.2, 0) is 19.1 Å². The summed E-state index contributed by atoms with van der Waals surface area (Å²) >= 11 is 0. The standard InChI is InChI=1S/C19H20O4/c1-10-6-11(2)9-19-12(3)8-13(14(19)7-10)15(17(20)22-4)16(19)18(21)23-5/h6-9,13H,1-5H3. The van der Waals surface area contributed by atoms with Gasteiger partial charge in [-0.2, -0.15) is 0 Å². The van der Waals surface area contributed by atoms with Crippen LogP contribution in [-0.4, -0.2) is 26.2 Å². The molecule has 4 heteroatoms. The molecule has 3 aliphatic carbocycles. The molecule has 0 heterocycles. The number of esters is 2. The third kappa shape index (κ3) is 1.90. The highest BCUT2D eigenvalue weighted by Gasteiger charge is 2.58. The van der Waals surface area contributed by atoms with Crippen LogP contribution in [0.15, 0.2) is 57.7 Å². The van der Waals surface area contributed by atoms with Crippen molar-refractivity contribution < 1.29 is 19.1 Å². The Kier molecular flexibility index (Phi) is 3.43. The van der Waals surface area contributed by atoms with Gasteiger partial charge in [0.05, 0.1) is 30.8 Å². The summed E-state index contributed by atoms with van der Waals surface area (Å²) in [6.45, 7) is 6.02. The van der Waals surface area contributed by atoms with Crippen LogP contribution < -0.4 is 0 Å². The van der Waals surface area contributed by atoms with Gasteiger partial charge >= 0.3 is 11.9 Å². The summed E-state index contributed by atoms with van der Waals surface area (Å²) in [5.74, 6) is -1.18. The second-order valence-electron chi connectivity index (χ2n) is 6.28. The van der Waals surface area contributed by atoms with E-state index < -0.39 is 17.4 Å². The number of hydrogen-bond donors (Lipinski definition) is 0. The zero-order valence-electron chi connectivity index (χ0n) is 14.0. The molecule has 23 heavy (non-hydrogen) atoms. The maximum atomic E-state index is 12.5. The number of carbonyl (C=O) groups is 2. The average Bonchev–Trinajstić information content (AvgIpc) is 2.84. The number of methoxy groups -OCH3 is 2. The second kappa shape index (κ2) is 5.08. The molecule has 3 rings (SSSR count). The lowest BCUT2D eigenvalue weighted by atomic mass is 9.73. The van der Waals surface area contributed by atoms with E-state index in [-0.39, 0.29) is 5.92 Å². The van der Waals surface area contributed by atoms with E-state index in [1.54, 1.807) is 0 Å². The van der Waals surface area contributed by atoms with E-state index in [1.807, 2.05) is 26.8 Å². The Balaban J connectivity index is 2.35. The van der Waals surface area contributed by atoms with Crippen LogP contribution in [0.1, 0.15) is 20.8 Å². The molecule has 0 aliphatic heterocycles. The summed E-state index contributed by atoms with van der Waals surface area (Å²) in [6, 6.07) is 0. The Morgan fingerprint density at radius 2 is 1.65 bits per heavy atom. The highest BCUT2D eigenvalue weighted by molar-refractivity contribution is 6.07. The van der Waals surface area contributed by atoms with Crippen molar-refractivity contribution in [1.29, 1.82) is 0 Å². The third-order valence-electron chi connectivity index (χ3n) is 4.88. The maximum Gasteiger partial charge on any atom is 0.335 e. The Morgan fingerprint density at radius 3 is 2.26 bits per heavy atom. The Hall–Kier alpha value is -2.36. The lowest BCUT2D eigenvalue weighted by molar-refractivity contribution is -0.139. The molecule has 4 nitrogen and oxygen atoms in total. The molecule has 3 aliphatic rings. The topological polar surface area (TPSA) is 52.6 Å². The number of ether oxygens (including phenoxy) is 2. The van der Waals surface area contributed by atoms with Gasteiger partial charge in [-0.05, 0) is 26.3 Å². The smallest absolute Gasteiger partial charge is 0.335 e. The Bertz CT molecular complexity index is 773. The molecule has 0 aromatic heterocycles. The lowest BCUT2D eigenvalue weighted by Crippen LogP contribution is -2.27. The van der Waals surface area contributed by atoms with E-state index in [2.05, 4.69) is 18.2 Å². The van der Waals surface area contributed by atoms with E-state index in [4.69, 9.17) is 9.47 Å². The van der Waals surface area contributed by atoms with Gasteiger partial charge in [0.1, 0.15) is 0 Å². The van der Waals surface area contributed by atoms with Crippen LogP contribution >= 0.6 is 0 Å². The minimum absolute atomic E-state index is 0.234. The van der Waals surface area contributed by atoms with Gasteiger partial charge in [0.2, 0.25) is 0 Å². The molecule has 0 N–H and O–H groups in total. The van der Waals surface area contributed by atoms with Gasteiger partial charge in [-0.15, -0.1) is 0 Å². The van der Waals surface area contributed by atoms with E-state index in [9.17, 15) is 9.59 Å².